The molecule has 0 radical (unpaired) electrons. The van der Waals surface area contributed by atoms with Crippen LogP contribution in [0.1, 0.15) is 5.56 Å². The molecule has 1 aromatic carbocycles. The summed E-state index contributed by atoms with van der Waals surface area (Å²) in [4.78, 5) is 0. The second kappa shape index (κ2) is 5.77. The molecule has 0 aliphatic rings. The minimum absolute atomic E-state index is 0.0199. The van der Waals surface area contributed by atoms with Crippen LogP contribution in [0.5, 0.6) is 0 Å². The van der Waals surface area contributed by atoms with Crippen molar-refractivity contribution >= 4 is 26.0 Å². The summed E-state index contributed by atoms with van der Waals surface area (Å²) in [7, 11) is -1.68. The first kappa shape index (κ1) is 13.6. The van der Waals surface area contributed by atoms with E-state index in [-0.39, 0.29) is 12.3 Å². The fourth-order valence-electron chi connectivity index (χ4n) is 1.27. The molecule has 16 heavy (non-hydrogen) atoms. The maximum Gasteiger partial charge on any atom is 0.215 e. The topological polar surface area (TPSA) is 63.4 Å². The summed E-state index contributed by atoms with van der Waals surface area (Å²) in [6.45, 7) is 0.492. The van der Waals surface area contributed by atoms with Crippen molar-refractivity contribution in [2.45, 2.75) is 6.54 Å². The smallest absolute Gasteiger partial charge is 0.215 e. The fraction of sp³-hybridized carbons (Fsp3) is 0.400. The standard InChI is InChI=1S/C10H15BrN2O2S/c1-13(16(14,15)7-6-12)8-9-4-2-3-5-10(9)11/h2-5H,6-8,12H2,1H3. The van der Waals surface area contributed by atoms with E-state index in [0.29, 0.717) is 6.54 Å². The van der Waals surface area contributed by atoms with Crippen molar-refractivity contribution in [3.63, 3.8) is 0 Å². The Morgan fingerprint density at radius 3 is 2.56 bits per heavy atom. The molecule has 0 saturated heterocycles. The number of benzene rings is 1. The Morgan fingerprint density at radius 2 is 2.00 bits per heavy atom. The second-order valence-electron chi connectivity index (χ2n) is 3.45. The van der Waals surface area contributed by atoms with Gasteiger partial charge in [-0.3, -0.25) is 0 Å². The Balaban J connectivity index is 2.79. The zero-order chi connectivity index (χ0) is 12.2. The average molecular weight is 307 g/mol. The SMILES string of the molecule is CN(Cc1ccccc1Br)S(=O)(=O)CCN. The van der Waals surface area contributed by atoms with Crippen LogP contribution in [0.25, 0.3) is 0 Å². The molecule has 0 aliphatic carbocycles. The van der Waals surface area contributed by atoms with Crippen LogP contribution in [-0.4, -0.2) is 32.1 Å². The molecule has 0 heterocycles. The van der Waals surface area contributed by atoms with Crippen molar-refractivity contribution in [2.75, 3.05) is 19.3 Å². The van der Waals surface area contributed by atoms with E-state index in [4.69, 9.17) is 5.73 Å². The largest absolute Gasteiger partial charge is 0.329 e. The lowest BCUT2D eigenvalue weighted by Gasteiger charge is -2.17. The monoisotopic (exact) mass is 306 g/mol. The van der Waals surface area contributed by atoms with Gasteiger partial charge in [-0.1, -0.05) is 34.1 Å². The van der Waals surface area contributed by atoms with Gasteiger partial charge in [0.25, 0.3) is 0 Å². The lowest BCUT2D eigenvalue weighted by molar-refractivity contribution is 0.466. The van der Waals surface area contributed by atoms with E-state index in [0.717, 1.165) is 10.0 Å². The van der Waals surface area contributed by atoms with E-state index in [1.165, 1.54) is 4.31 Å². The lowest BCUT2D eigenvalue weighted by Crippen LogP contribution is -2.31. The van der Waals surface area contributed by atoms with Gasteiger partial charge in [0.1, 0.15) is 0 Å². The molecule has 6 heteroatoms. The van der Waals surface area contributed by atoms with Crippen LogP contribution in [0, 0.1) is 0 Å². The predicted octanol–water partition coefficient (Wildman–Crippen LogP) is 1.17. The van der Waals surface area contributed by atoms with Crippen molar-refractivity contribution in [3.05, 3.63) is 34.3 Å². The van der Waals surface area contributed by atoms with E-state index >= 15 is 0 Å². The Bertz CT molecular complexity index is 448. The number of nitrogens with two attached hydrogens (primary N) is 1. The number of nitrogens with zero attached hydrogens (tertiary/aromatic N) is 1. The molecule has 90 valence electrons. The van der Waals surface area contributed by atoms with Crippen LogP contribution in [0.2, 0.25) is 0 Å². The van der Waals surface area contributed by atoms with Gasteiger partial charge < -0.3 is 5.73 Å². The summed E-state index contributed by atoms with van der Waals surface area (Å²) in [5.41, 5.74) is 6.20. The molecule has 1 aromatic rings. The molecule has 0 aliphatic heterocycles. The molecular formula is C10H15BrN2O2S. The van der Waals surface area contributed by atoms with Crippen molar-refractivity contribution in [1.82, 2.24) is 4.31 Å². The highest BCUT2D eigenvalue weighted by molar-refractivity contribution is 9.10. The van der Waals surface area contributed by atoms with Gasteiger partial charge in [-0.05, 0) is 11.6 Å². The summed E-state index contributed by atoms with van der Waals surface area (Å²) in [6.07, 6.45) is 0. The second-order valence-corrected chi connectivity index (χ2v) is 6.50. The van der Waals surface area contributed by atoms with Crippen LogP contribution >= 0.6 is 15.9 Å². The summed E-state index contributed by atoms with van der Waals surface area (Å²) < 4.78 is 25.6. The molecule has 0 aromatic heterocycles. The Labute approximate surface area is 105 Å². The van der Waals surface area contributed by atoms with Crippen molar-refractivity contribution in [2.24, 2.45) is 5.73 Å². The third-order valence-electron chi connectivity index (χ3n) is 2.20. The van der Waals surface area contributed by atoms with Crippen LogP contribution in [0.15, 0.2) is 28.7 Å². The molecule has 0 saturated carbocycles. The van der Waals surface area contributed by atoms with Gasteiger partial charge in [0.2, 0.25) is 10.0 Å². The summed E-state index contributed by atoms with van der Waals surface area (Å²) in [5, 5.41) is 0. The van der Waals surface area contributed by atoms with Crippen LogP contribution in [0.4, 0.5) is 0 Å². The van der Waals surface area contributed by atoms with E-state index in [9.17, 15) is 8.42 Å². The fourth-order valence-corrected chi connectivity index (χ4v) is 2.63. The molecule has 0 fully saturated rings. The van der Waals surface area contributed by atoms with Gasteiger partial charge in [-0.2, -0.15) is 0 Å². The third kappa shape index (κ3) is 3.55. The van der Waals surface area contributed by atoms with Gasteiger partial charge in [0, 0.05) is 24.6 Å². The number of rotatable bonds is 5. The lowest BCUT2D eigenvalue weighted by atomic mass is 10.2. The maximum absolute atomic E-state index is 11.7. The molecule has 1 rings (SSSR count). The van der Waals surface area contributed by atoms with E-state index in [1.54, 1.807) is 7.05 Å². The highest BCUT2D eigenvalue weighted by atomic mass is 79.9. The number of hydrogen-bond acceptors (Lipinski definition) is 3. The first-order valence-electron chi connectivity index (χ1n) is 4.85. The molecule has 2 N–H and O–H groups in total. The minimum Gasteiger partial charge on any atom is -0.329 e. The number of halogens is 1. The summed E-state index contributed by atoms with van der Waals surface area (Å²) >= 11 is 3.38. The van der Waals surface area contributed by atoms with E-state index in [2.05, 4.69) is 15.9 Å². The Morgan fingerprint density at radius 1 is 1.38 bits per heavy atom. The molecule has 0 amide bonds. The first-order valence-corrected chi connectivity index (χ1v) is 7.25. The molecular weight excluding hydrogens is 292 g/mol. The Hall–Kier alpha value is -0.430. The van der Waals surface area contributed by atoms with E-state index in [1.807, 2.05) is 24.3 Å². The summed E-state index contributed by atoms with van der Waals surface area (Å²) in [6, 6.07) is 7.54. The number of sulfonamides is 1. The van der Waals surface area contributed by atoms with E-state index < -0.39 is 10.0 Å². The molecule has 0 spiro atoms. The zero-order valence-corrected chi connectivity index (χ0v) is 11.5. The van der Waals surface area contributed by atoms with Crippen molar-refractivity contribution in [1.29, 1.82) is 0 Å². The predicted molar refractivity (Wildman–Crippen MR) is 68.5 cm³/mol. The quantitative estimate of drug-likeness (QED) is 0.888. The van der Waals surface area contributed by atoms with Crippen molar-refractivity contribution in [3.8, 4) is 0 Å². The van der Waals surface area contributed by atoms with Gasteiger partial charge >= 0.3 is 0 Å². The van der Waals surface area contributed by atoms with Crippen molar-refractivity contribution < 1.29 is 8.42 Å². The van der Waals surface area contributed by atoms with Crippen LogP contribution in [-0.2, 0) is 16.6 Å². The normalized spacial score (nSPS) is 12.0. The van der Waals surface area contributed by atoms with Gasteiger partial charge in [-0.25, -0.2) is 12.7 Å². The number of hydrogen-bond donors (Lipinski definition) is 1. The first-order chi connectivity index (χ1) is 7.47. The zero-order valence-electron chi connectivity index (χ0n) is 9.06. The van der Waals surface area contributed by atoms with Crippen LogP contribution < -0.4 is 5.73 Å². The van der Waals surface area contributed by atoms with Gasteiger partial charge in [0.15, 0.2) is 0 Å². The average Bonchev–Trinajstić information content (AvgIpc) is 2.21. The molecule has 0 unspecified atom stereocenters. The van der Waals surface area contributed by atoms with Gasteiger partial charge in [0.05, 0.1) is 5.75 Å². The molecule has 0 bridgehead atoms. The Kier molecular flexibility index (Phi) is 4.91. The molecule has 4 nitrogen and oxygen atoms in total. The van der Waals surface area contributed by atoms with Gasteiger partial charge in [-0.15, -0.1) is 0 Å². The highest BCUT2D eigenvalue weighted by Gasteiger charge is 2.17. The minimum atomic E-state index is -3.24. The molecule has 0 atom stereocenters. The summed E-state index contributed by atoms with van der Waals surface area (Å²) in [5.74, 6) is -0.0199. The highest BCUT2D eigenvalue weighted by Crippen LogP contribution is 2.18. The maximum atomic E-state index is 11.7. The van der Waals surface area contributed by atoms with Crippen LogP contribution in [0.3, 0.4) is 0 Å². The third-order valence-corrected chi connectivity index (χ3v) is 4.81.